The lowest BCUT2D eigenvalue weighted by molar-refractivity contribution is 0.0685. The van der Waals surface area contributed by atoms with Crippen molar-refractivity contribution in [1.82, 2.24) is 4.57 Å². The largest absolute Gasteiger partial charge is 0.477 e. The van der Waals surface area contributed by atoms with Gasteiger partial charge in [0.2, 0.25) is 0 Å². The summed E-state index contributed by atoms with van der Waals surface area (Å²) in [5.74, 6) is -0.892. The van der Waals surface area contributed by atoms with Crippen LogP contribution in [-0.4, -0.2) is 15.6 Å². The van der Waals surface area contributed by atoms with Crippen LogP contribution < -0.4 is 0 Å². The Bertz CT molecular complexity index is 661. The first-order valence-corrected chi connectivity index (χ1v) is 7.15. The molecular weight excluding hydrogens is 330 g/mol. The van der Waals surface area contributed by atoms with Crippen molar-refractivity contribution < 1.29 is 9.90 Å². The second-order valence-corrected chi connectivity index (χ2v) is 5.81. The van der Waals surface area contributed by atoms with E-state index in [1.807, 2.05) is 22.8 Å². The SMILES string of the molecule is O=C(O)c1ccc(-c2cccc(Cl)c2Br)n1C1CC1. The fraction of sp³-hybridized carbons (Fsp3) is 0.214. The van der Waals surface area contributed by atoms with Crippen LogP contribution in [0.3, 0.4) is 0 Å². The van der Waals surface area contributed by atoms with E-state index in [9.17, 15) is 9.90 Å². The molecule has 0 spiro atoms. The van der Waals surface area contributed by atoms with E-state index in [0.717, 1.165) is 28.6 Å². The summed E-state index contributed by atoms with van der Waals surface area (Å²) in [6.07, 6.45) is 2.06. The predicted octanol–water partition coefficient (Wildman–Crippen LogP) is 4.60. The van der Waals surface area contributed by atoms with Gasteiger partial charge < -0.3 is 9.67 Å². The average Bonchev–Trinajstić information content (AvgIpc) is 3.11. The second kappa shape index (κ2) is 4.69. The summed E-state index contributed by atoms with van der Waals surface area (Å²) in [6, 6.07) is 9.41. The van der Waals surface area contributed by atoms with Crippen LogP contribution in [0, 0.1) is 0 Å². The van der Waals surface area contributed by atoms with Crippen LogP contribution in [0.15, 0.2) is 34.8 Å². The molecule has 5 heteroatoms. The minimum atomic E-state index is -0.892. The number of nitrogens with zero attached hydrogens (tertiary/aromatic N) is 1. The summed E-state index contributed by atoms with van der Waals surface area (Å²) in [6.45, 7) is 0. The molecule has 3 rings (SSSR count). The zero-order chi connectivity index (χ0) is 13.6. The molecule has 98 valence electrons. The summed E-state index contributed by atoms with van der Waals surface area (Å²) in [4.78, 5) is 11.3. The maximum Gasteiger partial charge on any atom is 0.352 e. The molecule has 1 aromatic heterocycles. The quantitative estimate of drug-likeness (QED) is 0.887. The zero-order valence-corrected chi connectivity index (χ0v) is 12.3. The van der Waals surface area contributed by atoms with Gasteiger partial charge in [0.15, 0.2) is 0 Å². The molecular formula is C14H11BrClNO2. The van der Waals surface area contributed by atoms with Gasteiger partial charge in [0.25, 0.3) is 0 Å². The van der Waals surface area contributed by atoms with Gasteiger partial charge in [-0.3, -0.25) is 0 Å². The lowest BCUT2D eigenvalue weighted by atomic mass is 10.1. The number of hydrogen-bond donors (Lipinski definition) is 1. The van der Waals surface area contributed by atoms with E-state index in [0.29, 0.717) is 16.8 Å². The van der Waals surface area contributed by atoms with Crippen molar-refractivity contribution in [3.8, 4) is 11.3 Å². The monoisotopic (exact) mass is 339 g/mol. The molecule has 1 N–H and O–H groups in total. The topological polar surface area (TPSA) is 42.2 Å². The molecule has 1 fully saturated rings. The first-order valence-electron chi connectivity index (χ1n) is 5.98. The van der Waals surface area contributed by atoms with Gasteiger partial charge in [0.1, 0.15) is 5.69 Å². The molecule has 1 saturated carbocycles. The van der Waals surface area contributed by atoms with Gasteiger partial charge in [-0.15, -0.1) is 0 Å². The number of aromatic carboxylic acids is 1. The summed E-state index contributed by atoms with van der Waals surface area (Å²) in [5, 5.41) is 9.89. The number of benzene rings is 1. The number of halogens is 2. The summed E-state index contributed by atoms with van der Waals surface area (Å²) < 4.78 is 2.70. The molecule has 0 aliphatic heterocycles. The van der Waals surface area contributed by atoms with Crippen molar-refractivity contribution in [2.75, 3.05) is 0 Å². The van der Waals surface area contributed by atoms with Gasteiger partial charge >= 0.3 is 5.97 Å². The lowest BCUT2D eigenvalue weighted by Crippen LogP contribution is -2.08. The van der Waals surface area contributed by atoms with Crippen LogP contribution >= 0.6 is 27.5 Å². The Morgan fingerprint density at radius 3 is 2.68 bits per heavy atom. The van der Waals surface area contributed by atoms with Crippen molar-refractivity contribution in [3.05, 3.63) is 45.5 Å². The van der Waals surface area contributed by atoms with E-state index in [-0.39, 0.29) is 0 Å². The van der Waals surface area contributed by atoms with E-state index >= 15 is 0 Å². The first-order chi connectivity index (χ1) is 9.09. The van der Waals surface area contributed by atoms with Gasteiger partial charge in [-0.2, -0.15) is 0 Å². The fourth-order valence-corrected chi connectivity index (χ4v) is 2.91. The minimum absolute atomic E-state index is 0.294. The summed E-state index contributed by atoms with van der Waals surface area (Å²) in [7, 11) is 0. The highest BCUT2D eigenvalue weighted by atomic mass is 79.9. The Morgan fingerprint density at radius 1 is 1.32 bits per heavy atom. The van der Waals surface area contributed by atoms with E-state index < -0.39 is 5.97 Å². The van der Waals surface area contributed by atoms with Gasteiger partial charge in [-0.05, 0) is 47.0 Å². The van der Waals surface area contributed by atoms with Gasteiger partial charge in [-0.25, -0.2) is 4.79 Å². The molecule has 0 radical (unpaired) electrons. The van der Waals surface area contributed by atoms with Crippen LogP contribution in [0.5, 0.6) is 0 Å². The van der Waals surface area contributed by atoms with Crippen molar-refractivity contribution in [1.29, 1.82) is 0 Å². The fourth-order valence-electron chi connectivity index (χ4n) is 2.27. The number of aromatic nitrogens is 1. The van der Waals surface area contributed by atoms with Crippen LogP contribution in [-0.2, 0) is 0 Å². The average molecular weight is 341 g/mol. The molecule has 1 aliphatic carbocycles. The van der Waals surface area contributed by atoms with Crippen LogP contribution in [0.1, 0.15) is 29.4 Å². The van der Waals surface area contributed by atoms with Crippen LogP contribution in [0.4, 0.5) is 0 Å². The van der Waals surface area contributed by atoms with Crippen molar-refractivity contribution in [2.45, 2.75) is 18.9 Å². The number of carboxylic acid groups (broad SMARTS) is 1. The smallest absolute Gasteiger partial charge is 0.352 e. The Morgan fingerprint density at radius 2 is 2.05 bits per heavy atom. The first kappa shape index (κ1) is 12.8. The molecule has 1 aliphatic rings. The van der Waals surface area contributed by atoms with Crippen molar-refractivity contribution in [2.24, 2.45) is 0 Å². The Hall–Kier alpha value is -1.26. The predicted molar refractivity (Wildman–Crippen MR) is 77.8 cm³/mol. The number of hydrogen-bond acceptors (Lipinski definition) is 1. The normalized spacial score (nSPS) is 14.6. The highest BCUT2D eigenvalue weighted by Crippen LogP contribution is 2.42. The molecule has 0 unspecified atom stereocenters. The molecule has 0 bridgehead atoms. The van der Waals surface area contributed by atoms with Gasteiger partial charge in [0.05, 0.1) is 10.7 Å². The van der Waals surface area contributed by atoms with Crippen molar-refractivity contribution >= 4 is 33.5 Å². The maximum atomic E-state index is 11.3. The molecule has 0 saturated heterocycles. The third-order valence-corrected chi connectivity index (χ3v) is 4.67. The molecule has 0 atom stereocenters. The van der Waals surface area contributed by atoms with Gasteiger partial charge in [-0.1, -0.05) is 23.7 Å². The Kier molecular flexibility index (Phi) is 3.15. The second-order valence-electron chi connectivity index (χ2n) is 4.61. The highest BCUT2D eigenvalue weighted by Gasteiger charge is 2.30. The van der Waals surface area contributed by atoms with E-state index in [1.165, 1.54) is 0 Å². The minimum Gasteiger partial charge on any atom is -0.477 e. The van der Waals surface area contributed by atoms with Crippen LogP contribution in [0.25, 0.3) is 11.3 Å². The standard InChI is InChI=1S/C14H11BrClNO2/c15-13-9(2-1-3-10(13)16)11-6-7-12(14(18)19)17(11)8-4-5-8/h1-3,6-8H,4-5H2,(H,18,19). The highest BCUT2D eigenvalue weighted by molar-refractivity contribution is 9.10. The van der Waals surface area contributed by atoms with E-state index in [4.69, 9.17) is 11.6 Å². The number of carboxylic acids is 1. The van der Waals surface area contributed by atoms with Gasteiger partial charge in [0, 0.05) is 16.1 Å². The molecule has 2 aromatic rings. The maximum absolute atomic E-state index is 11.3. The molecule has 1 aromatic carbocycles. The summed E-state index contributed by atoms with van der Waals surface area (Å²) in [5.41, 5.74) is 2.16. The van der Waals surface area contributed by atoms with E-state index in [1.54, 1.807) is 12.1 Å². The van der Waals surface area contributed by atoms with E-state index in [2.05, 4.69) is 15.9 Å². The Balaban J connectivity index is 2.20. The molecule has 19 heavy (non-hydrogen) atoms. The molecule has 0 amide bonds. The van der Waals surface area contributed by atoms with Crippen molar-refractivity contribution in [3.63, 3.8) is 0 Å². The third-order valence-electron chi connectivity index (χ3n) is 3.28. The zero-order valence-electron chi connectivity index (χ0n) is 9.94. The number of rotatable bonds is 3. The molecule has 3 nitrogen and oxygen atoms in total. The lowest BCUT2D eigenvalue weighted by Gasteiger charge is -2.12. The Labute approximate surface area is 123 Å². The number of carbonyl (C=O) groups is 1. The third kappa shape index (κ3) is 2.19. The molecule has 1 heterocycles. The van der Waals surface area contributed by atoms with Crippen LogP contribution in [0.2, 0.25) is 5.02 Å². The summed E-state index contributed by atoms with van der Waals surface area (Å²) >= 11 is 9.58.